The van der Waals surface area contributed by atoms with Crippen LogP contribution in [-0.2, 0) is 11.1 Å². The minimum Gasteiger partial charge on any atom is -0.354 e. The number of hydrogen-bond donors (Lipinski definition) is 1. The van der Waals surface area contributed by atoms with Gasteiger partial charge in [-0.05, 0) is 11.5 Å². The maximum Gasteiger partial charge on any atom is 0.167 e. The van der Waals surface area contributed by atoms with Crippen molar-refractivity contribution in [2.24, 2.45) is 0 Å². The van der Waals surface area contributed by atoms with E-state index in [4.69, 9.17) is 4.55 Å². The van der Waals surface area contributed by atoms with E-state index < -0.39 is 11.1 Å². The zero-order valence-corrected chi connectivity index (χ0v) is 11.9. The SMILES string of the molecule is O=S(O)CN1CCN(c2nccc3ccccc23)CC1. The molecule has 106 valence electrons. The molecule has 0 spiro atoms. The predicted octanol–water partition coefficient (Wildman–Crippen LogP) is 1.54. The van der Waals surface area contributed by atoms with Gasteiger partial charge in [0.2, 0.25) is 0 Å². The summed E-state index contributed by atoms with van der Waals surface area (Å²) in [6.45, 7) is 3.24. The Hall–Kier alpha value is -1.50. The van der Waals surface area contributed by atoms with Gasteiger partial charge >= 0.3 is 0 Å². The molecule has 2 heterocycles. The van der Waals surface area contributed by atoms with Gasteiger partial charge in [-0.2, -0.15) is 0 Å². The number of nitrogens with zero attached hydrogens (tertiary/aromatic N) is 3. The van der Waals surface area contributed by atoms with E-state index >= 15 is 0 Å². The zero-order chi connectivity index (χ0) is 13.9. The summed E-state index contributed by atoms with van der Waals surface area (Å²) in [6, 6.07) is 10.3. The highest BCUT2D eigenvalue weighted by molar-refractivity contribution is 7.79. The lowest BCUT2D eigenvalue weighted by Crippen LogP contribution is -2.47. The molecule has 5 nitrogen and oxygen atoms in total. The molecule has 1 N–H and O–H groups in total. The molecule has 0 radical (unpaired) electrons. The van der Waals surface area contributed by atoms with Crippen LogP contribution in [0.2, 0.25) is 0 Å². The molecule has 6 heteroatoms. The average molecular weight is 291 g/mol. The lowest BCUT2D eigenvalue weighted by Gasteiger charge is -2.35. The minimum absolute atomic E-state index is 0.233. The lowest BCUT2D eigenvalue weighted by atomic mass is 10.1. The number of aromatic nitrogens is 1. The van der Waals surface area contributed by atoms with Crippen molar-refractivity contribution in [1.82, 2.24) is 9.88 Å². The van der Waals surface area contributed by atoms with Gasteiger partial charge in [-0.25, -0.2) is 9.19 Å². The summed E-state index contributed by atoms with van der Waals surface area (Å²) in [5.74, 6) is 1.24. The van der Waals surface area contributed by atoms with Crippen LogP contribution in [0.25, 0.3) is 10.8 Å². The molecular weight excluding hydrogens is 274 g/mol. The van der Waals surface area contributed by atoms with Gasteiger partial charge in [0.15, 0.2) is 11.1 Å². The van der Waals surface area contributed by atoms with Crippen LogP contribution in [0.15, 0.2) is 36.5 Å². The van der Waals surface area contributed by atoms with Crippen molar-refractivity contribution in [3.05, 3.63) is 36.5 Å². The Morgan fingerprint density at radius 1 is 1.15 bits per heavy atom. The molecule has 1 atom stereocenters. The monoisotopic (exact) mass is 291 g/mol. The molecule has 3 rings (SSSR count). The van der Waals surface area contributed by atoms with Gasteiger partial charge in [-0.1, -0.05) is 24.3 Å². The highest BCUT2D eigenvalue weighted by Crippen LogP contribution is 2.24. The zero-order valence-electron chi connectivity index (χ0n) is 11.1. The van der Waals surface area contributed by atoms with E-state index in [2.05, 4.69) is 22.0 Å². The molecule has 0 aliphatic carbocycles. The second-order valence-electron chi connectivity index (χ2n) is 4.91. The Balaban J connectivity index is 1.78. The van der Waals surface area contributed by atoms with Gasteiger partial charge in [-0.15, -0.1) is 0 Å². The standard InChI is InChI=1S/C14H17N3O2S/c18-20(19)11-16-7-9-17(10-8-16)14-13-4-2-1-3-12(13)5-6-15-14/h1-6H,7-11H2,(H,18,19). The minimum atomic E-state index is -1.75. The van der Waals surface area contributed by atoms with E-state index in [1.54, 1.807) is 0 Å². The Morgan fingerprint density at radius 2 is 1.90 bits per heavy atom. The quantitative estimate of drug-likeness (QED) is 0.869. The fourth-order valence-electron chi connectivity index (χ4n) is 2.60. The van der Waals surface area contributed by atoms with Gasteiger partial charge in [0.1, 0.15) is 11.7 Å². The molecule has 1 unspecified atom stereocenters. The van der Waals surface area contributed by atoms with E-state index in [1.165, 1.54) is 5.39 Å². The highest BCUT2D eigenvalue weighted by Gasteiger charge is 2.20. The molecule has 1 aromatic carbocycles. The van der Waals surface area contributed by atoms with Crippen LogP contribution in [-0.4, -0.2) is 50.7 Å². The van der Waals surface area contributed by atoms with E-state index in [0.717, 1.165) is 37.4 Å². The third-order valence-electron chi connectivity index (χ3n) is 3.62. The molecule has 1 saturated heterocycles. The molecule has 1 aliphatic rings. The summed E-state index contributed by atoms with van der Waals surface area (Å²) in [5.41, 5.74) is 0. The maximum atomic E-state index is 10.8. The van der Waals surface area contributed by atoms with Gasteiger partial charge in [0, 0.05) is 37.8 Å². The van der Waals surface area contributed by atoms with Crippen molar-refractivity contribution in [3.8, 4) is 0 Å². The van der Waals surface area contributed by atoms with Crippen molar-refractivity contribution >= 4 is 27.7 Å². The van der Waals surface area contributed by atoms with Gasteiger partial charge in [0.05, 0.1) is 0 Å². The summed E-state index contributed by atoms with van der Waals surface area (Å²) >= 11 is -1.75. The molecule has 2 aromatic rings. The van der Waals surface area contributed by atoms with Gasteiger partial charge in [-0.3, -0.25) is 4.90 Å². The van der Waals surface area contributed by atoms with E-state index in [-0.39, 0.29) is 5.88 Å². The largest absolute Gasteiger partial charge is 0.354 e. The first-order chi connectivity index (χ1) is 9.74. The summed E-state index contributed by atoms with van der Waals surface area (Å²) < 4.78 is 19.8. The van der Waals surface area contributed by atoms with Crippen molar-refractivity contribution in [2.75, 3.05) is 37.0 Å². The third kappa shape index (κ3) is 2.82. The first-order valence-corrected chi connectivity index (χ1v) is 7.90. The average Bonchev–Trinajstić information content (AvgIpc) is 2.47. The van der Waals surface area contributed by atoms with Crippen LogP contribution in [0.3, 0.4) is 0 Å². The van der Waals surface area contributed by atoms with Crippen molar-refractivity contribution < 1.29 is 8.76 Å². The number of hydrogen-bond acceptors (Lipinski definition) is 4. The van der Waals surface area contributed by atoms with Crippen LogP contribution < -0.4 is 4.90 Å². The number of rotatable bonds is 3. The fraction of sp³-hybridized carbons (Fsp3) is 0.357. The van der Waals surface area contributed by atoms with Crippen LogP contribution in [0.1, 0.15) is 0 Å². The summed E-state index contributed by atoms with van der Waals surface area (Å²) in [6.07, 6.45) is 1.84. The Kier molecular flexibility index (Phi) is 3.95. The molecular formula is C14H17N3O2S. The molecule has 0 amide bonds. The molecule has 20 heavy (non-hydrogen) atoms. The topological polar surface area (TPSA) is 56.7 Å². The second kappa shape index (κ2) is 5.87. The van der Waals surface area contributed by atoms with Gasteiger partial charge in [0.25, 0.3) is 0 Å². The van der Waals surface area contributed by atoms with Crippen LogP contribution in [0, 0.1) is 0 Å². The van der Waals surface area contributed by atoms with Gasteiger partial charge < -0.3 is 9.45 Å². The number of piperazine rings is 1. The predicted molar refractivity (Wildman–Crippen MR) is 81.2 cm³/mol. The van der Waals surface area contributed by atoms with Crippen LogP contribution in [0.4, 0.5) is 5.82 Å². The number of benzene rings is 1. The summed E-state index contributed by atoms with van der Waals surface area (Å²) in [7, 11) is 0. The number of fused-ring (bicyclic) bond motifs is 1. The Morgan fingerprint density at radius 3 is 2.65 bits per heavy atom. The third-order valence-corrected chi connectivity index (χ3v) is 4.20. The van der Waals surface area contributed by atoms with E-state index in [0.29, 0.717) is 0 Å². The molecule has 1 aliphatic heterocycles. The van der Waals surface area contributed by atoms with Crippen LogP contribution >= 0.6 is 0 Å². The van der Waals surface area contributed by atoms with Crippen LogP contribution in [0.5, 0.6) is 0 Å². The number of anilines is 1. The first kappa shape index (κ1) is 13.5. The Bertz CT molecular complexity index is 621. The van der Waals surface area contributed by atoms with Crippen molar-refractivity contribution in [3.63, 3.8) is 0 Å². The maximum absolute atomic E-state index is 10.8. The van der Waals surface area contributed by atoms with E-state index in [9.17, 15) is 4.21 Å². The lowest BCUT2D eigenvalue weighted by molar-refractivity contribution is 0.292. The molecule has 0 saturated carbocycles. The smallest absolute Gasteiger partial charge is 0.167 e. The van der Waals surface area contributed by atoms with E-state index in [1.807, 2.05) is 29.3 Å². The first-order valence-electron chi connectivity index (χ1n) is 6.62. The fourth-order valence-corrected chi connectivity index (χ4v) is 3.17. The normalized spacial score (nSPS) is 18.4. The summed E-state index contributed by atoms with van der Waals surface area (Å²) in [5, 5.41) is 2.35. The van der Waals surface area contributed by atoms with Crippen molar-refractivity contribution in [1.29, 1.82) is 0 Å². The second-order valence-corrected chi connectivity index (χ2v) is 5.81. The van der Waals surface area contributed by atoms with Crippen molar-refractivity contribution in [2.45, 2.75) is 0 Å². The molecule has 0 bridgehead atoms. The summed E-state index contributed by atoms with van der Waals surface area (Å²) in [4.78, 5) is 8.78. The highest BCUT2D eigenvalue weighted by atomic mass is 32.2. The Labute approximate surface area is 120 Å². The number of pyridine rings is 1. The molecule has 1 fully saturated rings. The molecule has 1 aromatic heterocycles.